The van der Waals surface area contributed by atoms with E-state index >= 15 is 0 Å². The zero-order valence-electron chi connectivity index (χ0n) is 24.1. The zero-order valence-corrected chi connectivity index (χ0v) is 24.1. The van der Waals surface area contributed by atoms with Gasteiger partial charge in [-0.25, -0.2) is 19.8 Å². The SMILES string of the molecule is CCC1=C(C)C2=CC3=NC(=C(C)C3=CO)C=C3NC(=C(C)C4=NC(=CC1=N2)C(C)=C4C(=O)O)[C@@H](CCOC=O)[C@@H]3C. The standard InChI is InChI=1S/C32H34N4O5/c1-7-20-15(2)24-11-28-22(13-37)17(4)23(34-28)10-25-16(3)21(8-9-41-14-38)30(35-25)19(6)31-29(32(39)40)18(5)26(36-31)12-27(20)33-24/h10-14,16,21,35,37H,7-9H2,1-6H3,(H,39,40)/t16-,21-/m0/s1. The molecule has 1 saturated heterocycles. The molecule has 2 atom stereocenters. The summed E-state index contributed by atoms with van der Waals surface area (Å²) in [5, 5.41) is 23.9. The number of fused-ring (bicyclic) bond motifs is 5. The molecule has 0 amide bonds. The molecule has 0 aliphatic carbocycles. The molecule has 9 nitrogen and oxygen atoms in total. The van der Waals surface area contributed by atoms with E-state index in [0.717, 1.165) is 57.8 Å². The van der Waals surface area contributed by atoms with Crippen LogP contribution in [0.3, 0.4) is 0 Å². The fraction of sp³-hybridized carbons (Fsp3) is 0.344. The van der Waals surface area contributed by atoms with Crippen molar-refractivity contribution in [2.75, 3.05) is 6.61 Å². The zero-order chi connectivity index (χ0) is 29.6. The Kier molecular flexibility index (Phi) is 7.38. The van der Waals surface area contributed by atoms with Gasteiger partial charge in [-0.1, -0.05) is 13.8 Å². The number of nitrogens with zero attached hydrogens (tertiary/aromatic N) is 3. The Morgan fingerprint density at radius 3 is 2.37 bits per heavy atom. The second-order valence-corrected chi connectivity index (χ2v) is 10.7. The summed E-state index contributed by atoms with van der Waals surface area (Å²) in [6.45, 7) is 12.4. The van der Waals surface area contributed by atoms with Crippen LogP contribution in [-0.2, 0) is 14.3 Å². The number of aliphatic imine (C=N–C) groups is 3. The van der Waals surface area contributed by atoms with Crippen LogP contribution in [0.2, 0.25) is 0 Å². The van der Waals surface area contributed by atoms with E-state index in [1.165, 1.54) is 0 Å². The molecular weight excluding hydrogens is 520 g/mol. The third-order valence-electron chi connectivity index (χ3n) is 8.57. The summed E-state index contributed by atoms with van der Waals surface area (Å²) in [6.07, 6.45) is 8.07. The Hall–Kier alpha value is -4.53. The monoisotopic (exact) mass is 554 g/mol. The lowest BCUT2D eigenvalue weighted by Crippen LogP contribution is -2.19. The highest BCUT2D eigenvalue weighted by molar-refractivity contribution is 6.29. The number of carboxylic acid groups (broad SMARTS) is 1. The van der Waals surface area contributed by atoms with Gasteiger partial charge >= 0.3 is 5.97 Å². The highest BCUT2D eigenvalue weighted by Gasteiger charge is 2.38. The number of carboxylic acids is 1. The van der Waals surface area contributed by atoms with Crippen LogP contribution >= 0.6 is 0 Å². The molecule has 0 spiro atoms. The Morgan fingerprint density at radius 1 is 1.00 bits per heavy atom. The number of aliphatic hydroxyl groups is 1. The first-order chi connectivity index (χ1) is 19.6. The van der Waals surface area contributed by atoms with E-state index in [4.69, 9.17) is 19.7 Å². The van der Waals surface area contributed by atoms with Crippen molar-refractivity contribution in [1.29, 1.82) is 0 Å². The third kappa shape index (κ3) is 4.65. The molecule has 8 bridgehead atoms. The van der Waals surface area contributed by atoms with Crippen LogP contribution in [0.25, 0.3) is 0 Å². The van der Waals surface area contributed by atoms with E-state index in [1.54, 1.807) is 6.92 Å². The maximum atomic E-state index is 12.5. The Bertz CT molecular complexity index is 1620. The Morgan fingerprint density at radius 2 is 1.71 bits per heavy atom. The normalized spacial score (nSPS) is 24.8. The molecule has 41 heavy (non-hydrogen) atoms. The number of carbonyl (C=O) groups is 2. The van der Waals surface area contributed by atoms with Gasteiger partial charge in [0.25, 0.3) is 6.47 Å². The molecule has 0 saturated carbocycles. The fourth-order valence-corrected chi connectivity index (χ4v) is 6.13. The van der Waals surface area contributed by atoms with E-state index in [0.29, 0.717) is 46.9 Å². The van der Waals surface area contributed by atoms with Crippen molar-refractivity contribution in [2.45, 2.75) is 54.4 Å². The largest absolute Gasteiger partial charge is 0.515 e. The molecule has 0 aromatic rings. The van der Waals surface area contributed by atoms with Gasteiger partial charge in [0, 0.05) is 28.8 Å². The van der Waals surface area contributed by atoms with Gasteiger partial charge in [0.15, 0.2) is 0 Å². The first-order valence-corrected chi connectivity index (χ1v) is 13.8. The van der Waals surface area contributed by atoms with Gasteiger partial charge in [-0.15, -0.1) is 0 Å². The highest BCUT2D eigenvalue weighted by Crippen LogP contribution is 2.41. The molecule has 0 unspecified atom stereocenters. The number of aliphatic hydroxyl groups excluding tert-OH is 1. The van der Waals surface area contributed by atoms with Crippen molar-refractivity contribution >= 4 is 29.6 Å². The summed E-state index contributed by atoms with van der Waals surface area (Å²) >= 11 is 0. The molecule has 9 heteroatoms. The molecular formula is C32H34N4O5. The minimum atomic E-state index is -1.04. The van der Waals surface area contributed by atoms with Crippen LogP contribution < -0.4 is 5.32 Å². The minimum Gasteiger partial charge on any atom is -0.515 e. The van der Waals surface area contributed by atoms with Gasteiger partial charge in [-0.2, -0.15) is 0 Å². The number of allylic oxidation sites excluding steroid dienone is 11. The average Bonchev–Trinajstić information content (AvgIpc) is 3.62. The molecule has 0 aromatic carbocycles. The second kappa shape index (κ2) is 10.8. The van der Waals surface area contributed by atoms with Gasteiger partial charge in [0.1, 0.15) is 0 Å². The average molecular weight is 555 g/mol. The van der Waals surface area contributed by atoms with E-state index in [1.807, 2.05) is 39.0 Å². The van der Waals surface area contributed by atoms with E-state index in [2.05, 4.69) is 19.2 Å². The van der Waals surface area contributed by atoms with Crippen molar-refractivity contribution in [3.8, 4) is 0 Å². The van der Waals surface area contributed by atoms with Crippen molar-refractivity contribution in [1.82, 2.24) is 5.32 Å². The number of hydrogen-bond acceptors (Lipinski definition) is 8. The molecule has 5 heterocycles. The van der Waals surface area contributed by atoms with E-state index in [-0.39, 0.29) is 24.0 Å². The minimum absolute atomic E-state index is 0.0143. The van der Waals surface area contributed by atoms with Crippen molar-refractivity contribution in [3.63, 3.8) is 0 Å². The van der Waals surface area contributed by atoms with Gasteiger partial charge in [-0.05, 0) is 86.6 Å². The molecule has 1 fully saturated rings. The van der Waals surface area contributed by atoms with Gasteiger partial charge < -0.3 is 20.3 Å². The summed E-state index contributed by atoms with van der Waals surface area (Å²) < 4.78 is 5.05. The van der Waals surface area contributed by atoms with Gasteiger partial charge in [-0.3, -0.25) is 4.79 Å². The summed E-state index contributed by atoms with van der Waals surface area (Å²) in [6, 6.07) is 0. The fourth-order valence-electron chi connectivity index (χ4n) is 6.13. The molecule has 3 N–H and O–H groups in total. The number of carbonyl (C=O) groups excluding carboxylic acids is 1. The van der Waals surface area contributed by atoms with Crippen LogP contribution in [-0.4, -0.2) is 46.4 Å². The number of aliphatic carboxylic acids is 1. The number of rotatable bonds is 6. The van der Waals surface area contributed by atoms with Crippen LogP contribution in [0.1, 0.15) is 54.4 Å². The molecule has 212 valence electrons. The Balaban J connectivity index is 1.80. The predicted octanol–water partition coefficient (Wildman–Crippen LogP) is 5.55. The van der Waals surface area contributed by atoms with Gasteiger partial charge in [0.05, 0.1) is 52.7 Å². The highest BCUT2D eigenvalue weighted by atomic mass is 16.5. The first-order valence-electron chi connectivity index (χ1n) is 13.8. The molecule has 0 radical (unpaired) electrons. The first kappa shape index (κ1) is 28.0. The smallest absolute Gasteiger partial charge is 0.338 e. The molecule has 5 aliphatic rings. The quantitative estimate of drug-likeness (QED) is 0.224. The summed E-state index contributed by atoms with van der Waals surface area (Å²) in [5.74, 6) is -1.14. The lowest BCUT2D eigenvalue weighted by molar-refractivity contribution is -0.132. The van der Waals surface area contributed by atoms with Crippen LogP contribution in [0, 0.1) is 11.8 Å². The van der Waals surface area contributed by atoms with Crippen molar-refractivity contribution in [3.05, 3.63) is 92.0 Å². The van der Waals surface area contributed by atoms with Crippen LogP contribution in [0.5, 0.6) is 0 Å². The third-order valence-corrected chi connectivity index (χ3v) is 8.57. The van der Waals surface area contributed by atoms with E-state index in [9.17, 15) is 19.8 Å². The maximum Gasteiger partial charge on any atom is 0.338 e. The number of ether oxygens (including phenoxy) is 1. The lowest BCUT2D eigenvalue weighted by Gasteiger charge is -2.17. The second-order valence-electron chi connectivity index (χ2n) is 10.7. The van der Waals surface area contributed by atoms with Crippen LogP contribution in [0.15, 0.2) is 107 Å². The molecule has 5 rings (SSSR count). The maximum absolute atomic E-state index is 12.5. The number of nitrogens with one attached hydrogen (secondary N) is 1. The van der Waals surface area contributed by atoms with E-state index < -0.39 is 5.97 Å². The predicted molar refractivity (Wildman–Crippen MR) is 158 cm³/mol. The lowest BCUT2D eigenvalue weighted by atomic mass is 9.87. The van der Waals surface area contributed by atoms with Crippen molar-refractivity contribution < 1.29 is 24.5 Å². The molecule has 0 aromatic heterocycles. The number of hydrogen-bond donors (Lipinski definition) is 3. The van der Waals surface area contributed by atoms with Crippen LogP contribution in [0.4, 0.5) is 0 Å². The van der Waals surface area contributed by atoms with Gasteiger partial charge in [0.2, 0.25) is 0 Å². The summed E-state index contributed by atoms with van der Waals surface area (Å²) in [4.78, 5) is 38.1. The Labute approximate surface area is 239 Å². The summed E-state index contributed by atoms with van der Waals surface area (Å²) in [5.41, 5.74) is 10.4. The topological polar surface area (TPSA) is 133 Å². The summed E-state index contributed by atoms with van der Waals surface area (Å²) in [7, 11) is 0. The van der Waals surface area contributed by atoms with Crippen molar-refractivity contribution in [2.24, 2.45) is 26.8 Å². The molecule has 5 aliphatic heterocycles.